The maximum Gasteiger partial charge on any atom is 0.0567 e. The van der Waals surface area contributed by atoms with Crippen LogP contribution in [0.25, 0.3) is 0 Å². The van der Waals surface area contributed by atoms with Crippen molar-refractivity contribution in [3.05, 3.63) is 21.6 Å². The van der Waals surface area contributed by atoms with E-state index in [1.54, 1.807) is 0 Å². The average molecular weight is 268 g/mol. The molecule has 0 aromatic rings. The van der Waals surface area contributed by atoms with Crippen LogP contribution in [0.15, 0.2) is 21.6 Å². The van der Waals surface area contributed by atoms with Crippen molar-refractivity contribution < 1.29 is 0 Å². The molecule has 1 atom stereocenters. The van der Waals surface area contributed by atoms with Gasteiger partial charge in [0.05, 0.1) is 3.39 Å². The number of halogens is 2. The molecular weight excluding hydrogens is 256 g/mol. The highest BCUT2D eigenvalue weighted by molar-refractivity contribution is 9.28. The molecule has 0 unspecified atom stereocenters. The van der Waals surface area contributed by atoms with Crippen molar-refractivity contribution in [2.75, 3.05) is 0 Å². The second kappa shape index (κ2) is 6.17. The molecule has 0 aromatic heterocycles. The Morgan fingerprint density at radius 1 is 1.50 bits per heavy atom. The van der Waals surface area contributed by atoms with Crippen LogP contribution in [0.2, 0.25) is 0 Å². The molecule has 0 fully saturated rings. The van der Waals surface area contributed by atoms with Gasteiger partial charge >= 0.3 is 0 Å². The third-order valence-corrected chi connectivity index (χ3v) is 1.68. The third-order valence-electron chi connectivity index (χ3n) is 1.15. The fourth-order valence-corrected chi connectivity index (χ4v) is 1.54. The lowest BCUT2D eigenvalue weighted by Crippen LogP contribution is -1.84. The van der Waals surface area contributed by atoms with E-state index in [2.05, 4.69) is 57.0 Å². The van der Waals surface area contributed by atoms with Gasteiger partial charge in [0.25, 0.3) is 0 Å². The van der Waals surface area contributed by atoms with Crippen LogP contribution in [0.1, 0.15) is 20.3 Å². The summed E-state index contributed by atoms with van der Waals surface area (Å²) >= 11 is 6.64. The summed E-state index contributed by atoms with van der Waals surface area (Å²) in [6, 6.07) is 0. The molecule has 0 saturated heterocycles. The van der Waals surface area contributed by atoms with Crippen molar-refractivity contribution in [3.63, 3.8) is 0 Å². The second-order valence-corrected chi connectivity index (χ2v) is 5.01. The van der Waals surface area contributed by atoms with Gasteiger partial charge in [0.1, 0.15) is 0 Å². The molecule has 0 aliphatic heterocycles. The van der Waals surface area contributed by atoms with Crippen LogP contribution < -0.4 is 0 Å². The molecule has 0 radical (unpaired) electrons. The van der Waals surface area contributed by atoms with E-state index >= 15 is 0 Å². The predicted octanol–water partition coefficient (Wildman–Crippen LogP) is 4.22. The van der Waals surface area contributed by atoms with Gasteiger partial charge in [0, 0.05) is 0 Å². The monoisotopic (exact) mass is 266 g/mol. The van der Waals surface area contributed by atoms with Crippen molar-refractivity contribution in [3.8, 4) is 0 Å². The first-order valence-electron chi connectivity index (χ1n) is 3.30. The highest BCUT2D eigenvalue weighted by Gasteiger charge is 1.93. The molecule has 0 amide bonds. The van der Waals surface area contributed by atoms with E-state index in [-0.39, 0.29) is 0 Å². The lowest BCUT2D eigenvalue weighted by molar-refractivity contribution is 0.745. The quantitative estimate of drug-likeness (QED) is 0.672. The van der Waals surface area contributed by atoms with Gasteiger partial charge in [-0.15, -0.1) is 0 Å². The maximum atomic E-state index is 3.32. The van der Waals surface area contributed by atoms with E-state index in [9.17, 15) is 0 Å². The summed E-state index contributed by atoms with van der Waals surface area (Å²) in [7, 11) is 0. The summed E-state index contributed by atoms with van der Waals surface area (Å²) in [6.45, 7) is 4.22. The minimum Gasteiger partial charge on any atom is -0.0916 e. The van der Waals surface area contributed by atoms with Crippen LogP contribution in [0.3, 0.4) is 0 Å². The molecule has 0 bridgehead atoms. The maximum absolute atomic E-state index is 3.32. The molecule has 0 aromatic carbocycles. The average Bonchev–Trinajstić information content (AvgIpc) is 1.82. The topological polar surface area (TPSA) is 0 Å². The largest absolute Gasteiger partial charge is 0.0916 e. The lowest BCUT2D eigenvalue weighted by atomic mass is 10.1. The van der Waals surface area contributed by atoms with Gasteiger partial charge in [-0.2, -0.15) is 0 Å². The zero-order valence-electron chi connectivity index (χ0n) is 6.27. The predicted molar refractivity (Wildman–Crippen MR) is 54.5 cm³/mol. The zero-order chi connectivity index (χ0) is 7.98. The van der Waals surface area contributed by atoms with E-state index in [1.807, 2.05) is 6.92 Å². The summed E-state index contributed by atoms with van der Waals surface area (Å²) in [5.74, 6) is 0.602. The fraction of sp³-hybridized carbons (Fsp3) is 0.500. The highest BCUT2D eigenvalue weighted by Crippen LogP contribution is 2.17. The Balaban J connectivity index is 3.63. The SMILES string of the molecule is C/C=C\C[C@@H](C)C=C(Br)Br. The molecule has 0 saturated carbocycles. The minimum atomic E-state index is 0.602. The number of rotatable bonds is 3. The Hall–Kier alpha value is 0.440. The first-order chi connectivity index (χ1) is 4.66. The van der Waals surface area contributed by atoms with Gasteiger partial charge in [0.2, 0.25) is 0 Å². The van der Waals surface area contributed by atoms with Gasteiger partial charge in [-0.05, 0) is 51.1 Å². The molecular formula is C8H12Br2. The normalized spacial score (nSPS) is 13.6. The number of allylic oxidation sites excluding steroid dienone is 3. The van der Waals surface area contributed by atoms with Gasteiger partial charge in [0.15, 0.2) is 0 Å². The van der Waals surface area contributed by atoms with E-state index in [1.165, 1.54) is 0 Å². The van der Waals surface area contributed by atoms with Crippen LogP contribution >= 0.6 is 31.9 Å². The third kappa shape index (κ3) is 6.56. The standard InChI is InChI=1S/C8H12Br2/c1-3-4-5-7(2)6-8(9)10/h3-4,6-7H,5H2,1-2H3/b4-3-/t7-/m1/s1. The Bertz CT molecular complexity index is 132. The van der Waals surface area contributed by atoms with Crippen LogP contribution in [-0.4, -0.2) is 0 Å². The van der Waals surface area contributed by atoms with Crippen molar-refractivity contribution >= 4 is 31.9 Å². The smallest absolute Gasteiger partial charge is 0.0567 e. The number of hydrogen-bond donors (Lipinski definition) is 0. The van der Waals surface area contributed by atoms with Crippen LogP contribution in [0, 0.1) is 5.92 Å². The molecule has 0 rings (SSSR count). The lowest BCUT2D eigenvalue weighted by Gasteiger charge is -1.99. The van der Waals surface area contributed by atoms with E-state index in [0.717, 1.165) is 9.81 Å². The number of hydrogen-bond acceptors (Lipinski definition) is 0. The minimum absolute atomic E-state index is 0.602. The fourth-order valence-electron chi connectivity index (χ4n) is 0.634. The Morgan fingerprint density at radius 2 is 2.10 bits per heavy atom. The molecule has 0 spiro atoms. The Kier molecular flexibility index (Phi) is 6.44. The van der Waals surface area contributed by atoms with Crippen LogP contribution in [0.5, 0.6) is 0 Å². The van der Waals surface area contributed by atoms with Crippen LogP contribution in [0.4, 0.5) is 0 Å². The van der Waals surface area contributed by atoms with Crippen molar-refractivity contribution in [1.82, 2.24) is 0 Å². The Morgan fingerprint density at radius 3 is 2.50 bits per heavy atom. The molecule has 10 heavy (non-hydrogen) atoms. The summed E-state index contributed by atoms with van der Waals surface area (Å²) in [5.41, 5.74) is 0. The molecule has 0 nitrogen and oxygen atoms in total. The Labute approximate surface area is 79.6 Å². The van der Waals surface area contributed by atoms with Gasteiger partial charge < -0.3 is 0 Å². The summed E-state index contributed by atoms with van der Waals surface area (Å²) < 4.78 is 1.04. The molecule has 2 heteroatoms. The van der Waals surface area contributed by atoms with Gasteiger partial charge in [-0.3, -0.25) is 0 Å². The van der Waals surface area contributed by atoms with Crippen molar-refractivity contribution in [2.24, 2.45) is 5.92 Å². The van der Waals surface area contributed by atoms with E-state index in [0.29, 0.717) is 5.92 Å². The van der Waals surface area contributed by atoms with Crippen LogP contribution in [-0.2, 0) is 0 Å². The first kappa shape index (κ1) is 10.4. The van der Waals surface area contributed by atoms with Gasteiger partial charge in [-0.1, -0.05) is 25.2 Å². The summed E-state index contributed by atoms with van der Waals surface area (Å²) in [5, 5.41) is 0. The first-order valence-corrected chi connectivity index (χ1v) is 4.89. The van der Waals surface area contributed by atoms with Crippen molar-refractivity contribution in [1.29, 1.82) is 0 Å². The molecule has 0 N–H and O–H groups in total. The second-order valence-electron chi connectivity index (χ2n) is 2.24. The van der Waals surface area contributed by atoms with Gasteiger partial charge in [-0.25, -0.2) is 0 Å². The summed E-state index contributed by atoms with van der Waals surface area (Å²) in [6.07, 6.45) is 7.49. The zero-order valence-corrected chi connectivity index (χ0v) is 9.44. The molecule has 0 aliphatic carbocycles. The molecule has 0 aliphatic rings. The van der Waals surface area contributed by atoms with E-state index < -0.39 is 0 Å². The van der Waals surface area contributed by atoms with E-state index in [4.69, 9.17) is 0 Å². The highest BCUT2D eigenvalue weighted by atomic mass is 79.9. The molecule has 58 valence electrons. The van der Waals surface area contributed by atoms with Crippen molar-refractivity contribution in [2.45, 2.75) is 20.3 Å². The molecule has 0 heterocycles. The summed E-state index contributed by atoms with van der Waals surface area (Å²) in [4.78, 5) is 0.